The number of benzene rings is 2. The Hall–Kier alpha value is -2.59. The van der Waals surface area contributed by atoms with Crippen LogP contribution in [-0.4, -0.2) is 17.0 Å². The van der Waals surface area contributed by atoms with E-state index in [4.69, 9.17) is 11.6 Å². The van der Waals surface area contributed by atoms with Gasteiger partial charge in [0.15, 0.2) is 0 Å². The molecule has 2 N–H and O–H groups in total. The smallest absolute Gasteiger partial charge is 0.352 e. The highest BCUT2D eigenvalue weighted by molar-refractivity contribution is 6.30. The number of hydrogen-bond donors (Lipinski definition) is 2. The zero-order chi connectivity index (χ0) is 15.2. The van der Waals surface area contributed by atoms with Crippen LogP contribution in [0.1, 0.15) is 15.9 Å². The molecule has 4 nitrogen and oxygen atoms in total. The van der Waals surface area contributed by atoms with Gasteiger partial charge in [0.05, 0.1) is 0 Å². The summed E-state index contributed by atoms with van der Waals surface area (Å²) < 4.78 is 0. The van der Waals surface area contributed by atoms with Gasteiger partial charge in [0.2, 0.25) is 0 Å². The normalized spacial score (nSPS) is 11.0. The first kappa shape index (κ1) is 14.8. The van der Waals surface area contributed by atoms with Gasteiger partial charge in [0, 0.05) is 10.6 Å². The minimum atomic E-state index is -1.21. The lowest BCUT2D eigenvalue weighted by molar-refractivity contribution is -0.132. The van der Waals surface area contributed by atoms with Crippen molar-refractivity contribution in [2.24, 2.45) is 0 Å². The summed E-state index contributed by atoms with van der Waals surface area (Å²) in [5.41, 5.74) is 0.817. The quantitative estimate of drug-likeness (QED) is 0.852. The fourth-order valence-corrected chi connectivity index (χ4v) is 1.79. The number of amides is 1. The Bertz CT molecular complexity index is 678. The molecule has 0 spiro atoms. The first-order valence-corrected chi connectivity index (χ1v) is 6.51. The summed E-state index contributed by atoms with van der Waals surface area (Å²) in [4.78, 5) is 23.2. The average molecular weight is 302 g/mol. The Kier molecular flexibility index (Phi) is 4.74. The second kappa shape index (κ2) is 6.72. The third-order valence-corrected chi connectivity index (χ3v) is 2.95. The van der Waals surface area contributed by atoms with Gasteiger partial charge in [-0.2, -0.15) is 0 Å². The van der Waals surface area contributed by atoms with E-state index in [1.54, 1.807) is 54.6 Å². The Morgan fingerprint density at radius 1 is 1.00 bits per heavy atom. The molecule has 0 atom stereocenters. The third kappa shape index (κ3) is 4.19. The van der Waals surface area contributed by atoms with Crippen LogP contribution in [0.3, 0.4) is 0 Å². The molecule has 2 rings (SSSR count). The molecule has 0 aliphatic rings. The molecule has 0 fully saturated rings. The molecule has 0 aliphatic carbocycles. The molecule has 2 aromatic rings. The number of rotatable bonds is 4. The van der Waals surface area contributed by atoms with Crippen LogP contribution < -0.4 is 5.32 Å². The molecule has 0 radical (unpaired) electrons. The summed E-state index contributed by atoms with van der Waals surface area (Å²) in [6, 6.07) is 15.0. The molecule has 0 aliphatic heterocycles. The minimum Gasteiger partial charge on any atom is -0.477 e. The van der Waals surface area contributed by atoms with Crippen LogP contribution in [0.25, 0.3) is 6.08 Å². The lowest BCUT2D eigenvalue weighted by Crippen LogP contribution is -2.27. The molecule has 0 aromatic heterocycles. The number of carbonyl (C=O) groups excluding carboxylic acids is 1. The van der Waals surface area contributed by atoms with Gasteiger partial charge in [-0.3, -0.25) is 4.79 Å². The highest BCUT2D eigenvalue weighted by Gasteiger charge is 2.12. The van der Waals surface area contributed by atoms with Crippen molar-refractivity contribution >= 4 is 29.6 Å². The van der Waals surface area contributed by atoms with Gasteiger partial charge in [0.1, 0.15) is 5.70 Å². The van der Waals surface area contributed by atoms with E-state index in [1.807, 2.05) is 0 Å². The molecule has 0 saturated heterocycles. The minimum absolute atomic E-state index is 0.203. The SMILES string of the molecule is O=C(O)/C(=C/c1ccc(Cl)cc1)NC(=O)c1ccccc1. The third-order valence-electron chi connectivity index (χ3n) is 2.70. The molecule has 21 heavy (non-hydrogen) atoms. The summed E-state index contributed by atoms with van der Waals surface area (Å²) in [6.45, 7) is 0. The van der Waals surface area contributed by atoms with Crippen molar-refractivity contribution in [1.82, 2.24) is 5.32 Å². The second-order valence-corrected chi connectivity index (χ2v) is 4.67. The largest absolute Gasteiger partial charge is 0.477 e. The summed E-state index contributed by atoms with van der Waals surface area (Å²) in [7, 11) is 0. The van der Waals surface area contributed by atoms with Crippen LogP contribution in [-0.2, 0) is 4.79 Å². The standard InChI is InChI=1S/C16H12ClNO3/c17-13-8-6-11(7-9-13)10-14(16(20)21)18-15(19)12-4-2-1-3-5-12/h1-10H,(H,18,19)(H,20,21)/b14-10-. The number of carboxylic acid groups (broad SMARTS) is 1. The number of aliphatic carboxylic acids is 1. The molecule has 0 saturated carbocycles. The van der Waals surface area contributed by atoms with Crippen LogP contribution in [0.15, 0.2) is 60.3 Å². The number of hydrogen-bond acceptors (Lipinski definition) is 2. The van der Waals surface area contributed by atoms with Crippen LogP contribution in [0.4, 0.5) is 0 Å². The molecular weight excluding hydrogens is 290 g/mol. The van der Waals surface area contributed by atoms with Crippen LogP contribution in [0.5, 0.6) is 0 Å². The maximum Gasteiger partial charge on any atom is 0.352 e. The maximum atomic E-state index is 12.0. The first-order chi connectivity index (χ1) is 10.1. The van der Waals surface area contributed by atoms with Gasteiger partial charge >= 0.3 is 5.97 Å². The molecule has 106 valence electrons. The monoisotopic (exact) mass is 301 g/mol. The van der Waals surface area contributed by atoms with Crippen molar-refractivity contribution < 1.29 is 14.7 Å². The predicted octanol–water partition coefficient (Wildman–Crippen LogP) is 3.20. The zero-order valence-electron chi connectivity index (χ0n) is 10.9. The molecule has 1 amide bonds. The lowest BCUT2D eigenvalue weighted by Gasteiger charge is -2.06. The zero-order valence-corrected chi connectivity index (χ0v) is 11.7. The average Bonchev–Trinajstić information content (AvgIpc) is 2.49. The topological polar surface area (TPSA) is 66.4 Å². The van der Waals surface area contributed by atoms with Crippen LogP contribution in [0, 0.1) is 0 Å². The molecule has 0 unspecified atom stereocenters. The first-order valence-electron chi connectivity index (χ1n) is 6.13. The van der Waals surface area contributed by atoms with Crippen molar-refractivity contribution in [1.29, 1.82) is 0 Å². The Balaban J connectivity index is 2.22. The van der Waals surface area contributed by atoms with Gasteiger partial charge in [-0.25, -0.2) is 4.79 Å². The Morgan fingerprint density at radius 2 is 1.62 bits per heavy atom. The lowest BCUT2D eigenvalue weighted by atomic mass is 10.1. The van der Waals surface area contributed by atoms with Crippen molar-refractivity contribution in [2.75, 3.05) is 0 Å². The van der Waals surface area contributed by atoms with E-state index < -0.39 is 11.9 Å². The summed E-state index contributed by atoms with van der Waals surface area (Å²) >= 11 is 5.77. The van der Waals surface area contributed by atoms with Gasteiger partial charge < -0.3 is 10.4 Å². The highest BCUT2D eigenvalue weighted by Crippen LogP contribution is 2.12. The van der Waals surface area contributed by atoms with Gasteiger partial charge in [-0.15, -0.1) is 0 Å². The van der Waals surface area contributed by atoms with E-state index in [9.17, 15) is 14.7 Å². The summed E-state index contributed by atoms with van der Waals surface area (Å²) in [5.74, 6) is -1.69. The van der Waals surface area contributed by atoms with E-state index in [2.05, 4.69) is 5.32 Å². The van der Waals surface area contributed by atoms with Crippen LogP contribution >= 0.6 is 11.6 Å². The fourth-order valence-electron chi connectivity index (χ4n) is 1.66. The fraction of sp³-hybridized carbons (Fsp3) is 0. The second-order valence-electron chi connectivity index (χ2n) is 4.23. The van der Waals surface area contributed by atoms with E-state index in [0.717, 1.165) is 0 Å². The van der Waals surface area contributed by atoms with Crippen molar-refractivity contribution in [2.45, 2.75) is 0 Å². The van der Waals surface area contributed by atoms with Gasteiger partial charge in [-0.1, -0.05) is 41.9 Å². The Labute approximate surface area is 126 Å². The number of halogens is 1. The number of nitrogens with one attached hydrogen (secondary N) is 1. The molecule has 5 heteroatoms. The van der Waals surface area contributed by atoms with Crippen LogP contribution in [0.2, 0.25) is 5.02 Å². The van der Waals surface area contributed by atoms with E-state index >= 15 is 0 Å². The number of carbonyl (C=O) groups is 2. The van der Waals surface area contributed by atoms with Crippen molar-refractivity contribution in [3.63, 3.8) is 0 Å². The molecular formula is C16H12ClNO3. The predicted molar refractivity (Wildman–Crippen MR) is 81.0 cm³/mol. The van der Waals surface area contributed by atoms with Gasteiger partial charge in [0.25, 0.3) is 5.91 Å². The Morgan fingerprint density at radius 3 is 2.19 bits per heavy atom. The maximum absolute atomic E-state index is 12.0. The molecule has 2 aromatic carbocycles. The molecule has 0 bridgehead atoms. The summed E-state index contributed by atoms with van der Waals surface area (Å²) in [5, 5.41) is 12.1. The summed E-state index contributed by atoms with van der Waals surface area (Å²) in [6.07, 6.45) is 1.37. The highest BCUT2D eigenvalue weighted by atomic mass is 35.5. The van der Waals surface area contributed by atoms with E-state index in [-0.39, 0.29) is 5.70 Å². The van der Waals surface area contributed by atoms with Gasteiger partial charge in [-0.05, 0) is 35.9 Å². The number of carboxylic acids is 1. The van der Waals surface area contributed by atoms with Crippen molar-refractivity contribution in [3.8, 4) is 0 Å². The van der Waals surface area contributed by atoms with Crippen molar-refractivity contribution in [3.05, 3.63) is 76.4 Å². The van der Waals surface area contributed by atoms with E-state index in [1.165, 1.54) is 6.08 Å². The van der Waals surface area contributed by atoms with E-state index in [0.29, 0.717) is 16.1 Å². The molecule has 0 heterocycles.